The van der Waals surface area contributed by atoms with E-state index in [-0.39, 0.29) is 5.91 Å². The van der Waals surface area contributed by atoms with Crippen LogP contribution in [0.5, 0.6) is 0 Å². The van der Waals surface area contributed by atoms with Gasteiger partial charge in [-0.25, -0.2) is 0 Å². The second-order valence-electron chi connectivity index (χ2n) is 4.81. The van der Waals surface area contributed by atoms with E-state index in [2.05, 4.69) is 11.4 Å². The van der Waals surface area contributed by atoms with Crippen LogP contribution in [0.25, 0.3) is 0 Å². The Bertz CT molecular complexity index is 615. The van der Waals surface area contributed by atoms with Gasteiger partial charge in [0, 0.05) is 28.6 Å². The van der Waals surface area contributed by atoms with Gasteiger partial charge in [-0.15, -0.1) is 0 Å². The molecule has 0 atom stereocenters. The Morgan fingerprint density at radius 1 is 1.19 bits per heavy atom. The molecule has 0 fully saturated rings. The van der Waals surface area contributed by atoms with Crippen LogP contribution in [0.4, 0.5) is 0 Å². The summed E-state index contributed by atoms with van der Waals surface area (Å²) in [7, 11) is 0. The number of rotatable bonds is 6. The molecule has 0 saturated heterocycles. The smallest absolute Gasteiger partial charge is 0.251 e. The molecule has 0 heterocycles. The topological polar surface area (TPSA) is 29.1 Å². The number of carbonyl (C=O) groups is 1. The summed E-state index contributed by atoms with van der Waals surface area (Å²) in [6, 6.07) is 15.5. The molecule has 0 aliphatic carbocycles. The maximum atomic E-state index is 11.9. The lowest BCUT2D eigenvalue weighted by Crippen LogP contribution is -2.25. The highest BCUT2D eigenvalue weighted by Crippen LogP contribution is 2.16. The number of halogens is 1. The molecule has 0 aliphatic heterocycles. The summed E-state index contributed by atoms with van der Waals surface area (Å²) in [6.07, 6.45) is 0. The molecule has 0 radical (unpaired) electrons. The zero-order valence-electron chi connectivity index (χ0n) is 11.9. The van der Waals surface area contributed by atoms with Crippen LogP contribution < -0.4 is 5.32 Å². The third-order valence-electron chi connectivity index (χ3n) is 2.97. The summed E-state index contributed by atoms with van der Waals surface area (Å²) in [5.41, 5.74) is 3.02. The Kier molecular flexibility index (Phi) is 6.15. The molecule has 1 amide bonds. The van der Waals surface area contributed by atoms with E-state index >= 15 is 0 Å². The van der Waals surface area contributed by atoms with Gasteiger partial charge in [0.1, 0.15) is 0 Å². The summed E-state index contributed by atoms with van der Waals surface area (Å²) in [5, 5.41) is 3.70. The van der Waals surface area contributed by atoms with Gasteiger partial charge in [0.15, 0.2) is 0 Å². The van der Waals surface area contributed by atoms with E-state index < -0.39 is 0 Å². The molecule has 1 N–H and O–H groups in total. The van der Waals surface area contributed by atoms with Gasteiger partial charge in [0.05, 0.1) is 0 Å². The van der Waals surface area contributed by atoms with Gasteiger partial charge in [0.25, 0.3) is 5.91 Å². The van der Waals surface area contributed by atoms with Gasteiger partial charge in [-0.1, -0.05) is 41.4 Å². The third kappa shape index (κ3) is 5.44. The highest BCUT2D eigenvalue weighted by molar-refractivity contribution is 7.98. The number of thioether (sulfide) groups is 1. The van der Waals surface area contributed by atoms with Crippen molar-refractivity contribution in [1.29, 1.82) is 0 Å². The SMILES string of the molecule is Cc1cccc(C(=O)NCCSCc2cccc(Cl)c2)c1. The van der Waals surface area contributed by atoms with Crippen LogP contribution in [0.2, 0.25) is 5.02 Å². The Hall–Kier alpha value is -1.45. The van der Waals surface area contributed by atoms with Crippen molar-refractivity contribution in [2.24, 2.45) is 0 Å². The number of hydrogen-bond donors (Lipinski definition) is 1. The molecule has 2 aromatic rings. The molecule has 2 nitrogen and oxygen atoms in total. The largest absolute Gasteiger partial charge is 0.351 e. The lowest BCUT2D eigenvalue weighted by atomic mass is 10.1. The van der Waals surface area contributed by atoms with Crippen LogP contribution in [0.15, 0.2) is 48.5 Å². The summed E-state index contributed by atoms with van der Waals surface area (Å²) in [6.45, 7) is 2.65. The first-order valence-electron chi connectivity index (χ1n) is 6.82. The molecule has 0 aliphatic rings. The van der Waals surface area contributed by atoms with E-state index in [0.29, 0.717) is 6.54 Å². The number of benzene rings is 2. The van der Waals surface area contributed by atoms with Gasteiger partial charge < -0.3 is 5.32 Å². The Labute approximate surface area is 134 Å². The quantitative estimate of drug-likeness (QED) is 0.804. The fourth-order valence-electron chi connectivity index (χ4n) is 1.94. The second-order valence-corrected chi connectivity index (χ2v) is 6.35. The van der Waals surface area contributed by atoms with Crippen LogP contribution in [-0.4, -0.2) is 18.2 Å². The van der Waals surface area contributed by atoms with E-state index in [0.717, 1.165) is 27.7 Å². The van der Waals surface area contributed by atoms with Crippen molar-refractivity contribution >= 4 is 29.3 Å². The molecule has 0 bridgehead atoms. The molecular formula is C17H18ClNOS. The van der Waals surface area contributed by atoms with E-state index in [1.807, 2.05) is 49.4 Å². The zero-order chi connectivity index (χ0) is 15.1. The zero-order valence-corrected chi connectivity index (χ0v) is 13.5. The summed E-state index contributed by atoms with van der Waals surface area (Å²) in [5.74, 6) is 1.77. The molecule has 4 heteroatoms. The van der Waals surface area contributed by atoms with Gasteiger partial charge in [-0.3, -0.25) is 4.79 Å². The second kappa shape index (κ2) is 8.11. The van der Waals surface area contributed by atoms with Crippen molar-refractivity contribution in [2.75, 3.05) is 12.3 Å². The third-order valence-corrected chi connectivity index (χ3v) is 4.24. The predicted octanol–water partition coefficient (Wildman–Crippen LogP) is 4.31. The van der Waals surface area contributed by atoms with Crippen LogP contribution in [0.3, 0.4) is 0 Å². The molecule has 2 aromatic carbocycles. The number of amides is 1. The highest BCUT2D eigenvalue weighted by atomic mass is 35.5. The monoisotopic (exact) mass is 319 g/mol. The molecule has 21 heavy (non-hydrogen) atoms. The van der Waals surface area contributed by atoms with Gasteiger partial charge >= 0.3 is 0 Å². The van der Waals surface area contributed by atoms with Gasteiger partial charge in [-0.05, 0) is 36.8 Å². The minimum absolute atomic E-state index is 0.0120. The Morgan fingerprint density at radius 3 is 2.76 bits per heavy atom. The van der Waals surface area contributed by atoms with E-state index in [9.17, 15) is 4.79 Å². The molecule has 0 spiro atoms. The summed E-state index contributed by atoms with van der Waals surface area (Å²) in [4.78, 5) is 11.9. The lowest BCUT2D eigenvalue weighted by Gasteiger charge is -2.06. The highest BCUT2D eigenvalue weighted by Gasteiger charge is 2.04. The molecule has 2 rings (SSSR count). The Balaban J connectivity index is 1.69. The Morgan fingerprint density at radius 2 is 2.00 bits per heavy atom. The minimum Gasteiger partial charge on any atom is -0.351 e. The van der Waals surface area contributed by atoms with Crippen molar-refractivity contribution in [3.05, 3.63) is 70.2 Å². The van der Waals surface area contributed by atoms with Crippen LogP contribution >= 0.6 is 23.4 Å². The van der Waals surface area contributed by atoms with E-state index in [4.69, 9.17) is 11.6 Å². The first-order chi connectivity index (χ1) is 10.1. The maximum absolute atomic E-state index is 11.9. The molecular weight excluding hydrogens is 302 g/mol. The van der Waals surface area contributed by atoms with Gasteiger partial charge in [-0.2, -0.15) is 11.8 Å². The van der Waals surface area contributed by atoms with Crippen LogP contribution in [-0.2, 0) is 5.75 Å². The molecule has 0 saturated carbocycles. The summed E-state index contributed by atoms with van der Waals surface area (Å²) >= 11 is 7.72. The standard InChI is InChI=1S/C17H18ClNOS/c1-13-4-2-6-15(10-13)17(20)19-8-9-21-12-14-5-3-7-16(18)11-14/h2-7,10-11H,8-9,12H2,1H3,(H,19,20). The lowest BCUT2D eigenvalue weighted by molar-refractivity contribution is 0.0956. The molecule has 0 unspecified atom stereocenters. The first-order valence-corrected chi connectivity index (χ1v) is 8.35. The first kappa shape index (κ1) is 15.9. The molecule has 110 valence electrons. The van der Waals surface area contributed by atoms with Crippen molar-refractivity contribution in [1.82, 2.24) is 5.32 Å². The van der Waals surface area contributed by atoms with Gasteiger partial charge in [0.2, 0.25) is 0 Å². The number of nitrogens with one attached hydrogen (secondary N) is 1. The average Bonchev–Trinajstić information content (AvgIpc) is 2.47. The fourth-order valence-corrected chi connectivity index (χ4v) is 2.96. The van der Waals surface area contributed by atoms with E-state index in [1.54, 1.807) is 11.8 Å². The van der Waals surface area contributed by atoms with Crippen molar-refractivity contribution in [2.45, 2.75) is 12.7 Å². The van der Waals surface area contributed by atoms with Crippen LogP contribution in [0.1, 0.15) is 21.5 Å². The normalized spacial score (nSPS) is 10.4. The van der Waals surface area contributed by atoms with Crippen molar-refractivity contribution < 1.29 is 4.79 Å². The number of aryl methyl sites for hydroxylation is 1. The summed E-state index contributed by atoms with van der Waals surface area (Å²) < 4.78 is 0. The average molecular weight is 320 g/mol. The predicted molar refractivity (Wildman–Crippen MR) is 91.1 cm³/mol. The molecule has 0 aromatic heterocycles. The number of carbonyl (C=O) groups excluding carboxylic acids is 1. The number of hydrogen-bond acceptors (Lipinski definition) is 2. The van der Waals surface area contributed by atoms with E-state index in [1.165, 1.54) is 5.56 Å². The minimum atomic E-state index is -0.0120. The van der Waals surface area contributed by atoms with Crippen LogP contribution in [0, 0.1) is 6.92 Å². The van der Waals surface area contributed by atoms with Crippen molar-refractivity contribution in [3.8, 4) is 0 Å². The maximum Gasteiger partial charge on any atom is 0.251 e. The van der Waals surface area contributed by atoms with Crippen molar-refractivity contribution in [3.63, 3.8) is 0 Å². The fraction of sp³-hybridized carbons (Fsp3) is 0.235.